The molecule has 0 saturated heterocycles. The van der Waals surface area contributed by atoms with Crippen LogP contribution in [0.2, 0.25) is 0 Å². The number of carbonyl (C=O) groups is 1. The smallest absolute Gasteiger partial charge is 0.262 e. The summed E-state index contributed by atoms with van der Waals surface area (Å²) in [6.45, 7) is 7.38. The number of amides is 1. The lowest BCUT2D eigenvalue weighted by Crippen LogP contribution is -2.32. The van der Waals surface area contributed by atoms with Gasteiger partial charge in [-0.1, -0.05) is 12.2 Å². The van der Waals surface area contributed by atoms with Gasteiger partial charge in [0.1, 0.15) is 5.75 Å². The third-order valence-corrected chi connectivity index (χ3v) is 4.71. The molecule has 0 saturated carbocycles. The Morgan fingerprint density at radius 2 is 1.95 bits per heavy atom. The number of anilines is 1. The van der Waals surface area contributed by atoms with Crippen LogP contribution in [0.5, 0.6) is 5.75 Å². The molecule has 6 nitrogen and oxygen atoms in total. The lowest BCUT2D eigenvalue weighted by molar-refractivity contribution is -0.118. The summed E-state index contributed by atoms with van der Waals surface area (Å²) in [7, 11) is -3.69. The molecule has 1 aliphatic rings. The minimum absolute atomic E-state index is 0.0713. The van der Waals surface area contributed by atoms with Crippen molar-refractivity contribution < 1.29 is 17.9 Å². The van der Waals surface area contributed by atoms with Gasteiger partial charge in [0, 0.05) is 13.1 Å². The van der Waals surface area contributed by atoms with Crippen LogP contribution in [0.25, 0.3) is 0 Å². The van der Waals surface area contributed by atoms with E-state index in [4.69, 9.17) is 4.74 Å². The molecule has 7 heteroatoms. The van der Waals surface area contributed by atoms with Crippen LogP contribution in [0.15, 0.2) is 48.4 Å². The number of sulfonamides is 1. The molecule has 1 N–H and O–H groups in total. The summed E-state index contributed by atoms with van der Waals surface area (Å²) < 4.78 is 31.6. The fourth-order valence-corrected chi connectivity index (χ4v) is 3.34. The van der Waals surface area contributed by atoms with E-state index >= 15 is 0 Å². The summed E-state index contributed by atoms with van der Waals surface area (Å²) in [4.78, 5) is 11.4. The van der Waals surface area contributed by atoms with Crippen molar-refractivity contribution >= 4 is 21.6 Å². The van der Waals surface area contributed by atoms with Crippen molar-refractivity contribution in [1.29, 1.82) is 0 Å². The molecule has 1 heterocycles. The zero-order valence-corrected chi connectivity index (χ0v) is 12.2. The first-order valence-electron chi connectivity index (χ1n) is 6.27. The predicted octanol–water partition coefficient (Wildman–Crippen LogP) is 1.38. The van der Waals surface area contributed by atoms with Gasteiger partial charge < -0.3 is 10.1 Å². The zero-order valence-electron chi connectivity index (χ0n) is 11.4. The number of ether oxygens (including phenoxy) is 1. The second-order valence-corrected chi connectivity index (χ2v) is 6.33. The minimum Gasteiger partial charge on any atom is -0.482 e. The lowest BCUT2D eigenvalue weighted by Gasteiger charge is -2.22. The number of fused-ring (bicyclic) bond motifs is 1. The van der Waals surface area contributed by atoms with Gasteiger partial charge in [-0.15, -0.1) is 13.2 Å². The average molecular weight is 308 g/mol. The van der Waals surface area contributed by atoms with Gasteiger partial charge in [0.05, 0.1) is 10.6 Å². The Balaban J connectivity index is 2.40. The molecular formula is C14H16N2O4S. The number of carbonyl (C=O) groups excluding carboxylic acids is 1. The van der Waals surface area contributed by atoms with Crippen LogP contribution in [0.4, 0.5) is 5.69 Å². The maximum Gasteiger partial charge on any atom is 0.262 e. The van der Waals surface area contributed by atoms with Crippen LogP contribution in [0.3, 0.4) is 0 Å². The Labute approximate surface area is 123 Å². The van der Waals surface area contributed by atoms with Gasteiger partial charge in [-0.25, -0.2) is 8.42 Å². The average Bonchev–Trinajstić information content (AvgIpc) is 2.46. The molecular weight excluding hydrogens is 292 g/mol. The van der Waals surface area contributed by atoms with E-state index in [1.807, 2.05) is 0 Å². The van der Waals surface area contributed by atoms with Gasteiger partial charge in [0.15, 0.2) is 6.61 Å². The molecule has 0 unspecified atom stereocenters. The second-order valence-electron chi connectivity index (χ2n) is 4.39. The first kappa shape index (κ1) is 15.3. The highest BCUT2D eigenvalue weighted by Gasteiger charge is 2.25. The molecule has 0 atom stereocenters. The number of hydrogen-bond donors (Lipinski definition) is 1. The first-order chi connectivity index (χ1) is 9.98. The molecule has 0 radical (unpaired) electrons. The second kappa shape index (κ2) is 6.11. The number of nitrogens with one attached hydrogen (secondary N) is 1. The SMILES string of the molecule is C=CCN(CC=C)S(=O)(=O)c1ccc2c(c1)NC(=O)CO2. The third-order valence-electron chi connectivity index (χ3n) is 2.89. The third kappa shape index (κ3) is 3.14. The molecule has 2 rings (SSSR count). The van der Waals surface area contributed by atoms with Crippen LogP contribution in [0.1, 0.15) is 0 Å². The molecule has 1 aromatic rings. The number of hydrogen-bond acceptors (Lipinski definition) is 4. The normalized spacial score (nSPS) is 14.0. The van der Waals surface area contributed by atoms with E-state index in [1.165, 1.54) is 34.7 Å². The van der Waals surface area contributed by atoms with Crippen molar-refractivity contribution in [3.05, 3.63) is 43.5 Å². The Morgan fingerprint density at radius 3 is 2.57 bits per heavy atom. The molecule has 0 aliphatic carbocycles. The fourth-order valence-electron chi connectivity index (χ4n) is 1.93. The molecule has 0 fully saturated rings. The van der Waals surface area contributed by atoms with Gasteiger partial charge in [-0.2, -0.15) is 4.31 Å². The van der Waals surface area contributed by atoms with Gasteiger partial charge in [-0.05, 0) is 18.2 Å². The molecule has 21 heavy (non-hydrogen) atoms. The molecule has 1 aromatic carbocycles. The van der Waals surface area contributed by atoms with Crippen LogP contribution >= 0.6 is 0 Å². The standard InChI is InChI=1S/C14H16N2O4S/c1-3-7-16(8-4-2)21(18,19)11-5-6-13-12(9-11)15-14(17)10-20-13/h3-6,9H,1-2,7-8,10H2,(H,15,17). The van der Waals surface area contributed by atoms with Crippen molar-refractivity contribution in [2.45, 2.75) is 4.90 Å². The molecule has 0 spiro atoms. The van der Waals surface area contributed by atoms with E-state index in [1.54, 1.807) is 0 Å². The quantitative estimate of drug-likeness (QED) is 0.806. The highest BCUT2D eigenvalue weighted by molar-refractivity contribution is 7.89. The minimum atomic E-state index is -3.69. The summed E-state index contributed by atoms with van der Waals surface area (Å²) in [5, 5.41) is 2.59. The molecule has 1 amide bonds. The van der Waals surface area contributed by atoms with E-state index in [9.17, 15) is 13.2 Å². The number of rotatable bonds is 6. The lowest BCUT2D eigenvalue weighted by atomic mass is 10.2. The Morgan fingerprint density at radius 1 is 1.29 bits per heavy atom. The van der Waals surface area contributed by atoms with Gasteiger partial charge in [0.2, 0.25) is 10.0 Å². The summed E-state index contributed by atoms with van der Waals surface area (Å²) in [5.74, 6) is 0.138. The Kier molecular flexibility index (Phi) is 4.44. The van der Waals surface area contributed by atoms with Crippen molar-refractivity contribution in [1.82, 2.24) is 4.31 Å². The summed E-state index contributed by atoms with van der Waals surface area (Å²) in [6.07, 6.45) is 3.01. The van der Waals surface area contributed by atoms with E-state index < -0.39 is 10.0 Å². The highest BCUT2D eigenvalue weighted by atomic mass is 32.2. The first-order valence-corrected chi connectivity index (χ1v) is 7.71. The van der Waals surface area contributed by atoms with Crippen LogP contribution in [0, 0.1) is 0 Å². The summed E-state index contributed by atoms with van der Waals surface area (Å²) in [6, 6.07) is 4.37. The van der Waals surface area contributed by atoms with Crippen molar-refractivity contribution in [3.63, 3.8) is 0 Å². The Hall–Kier alpha value is -2.12. The van der Waals surface area contributed by atoms with E-state index in [2.05, 4.69) is 18.5 Å². The Bertz CT molecular complexity index is 672. The summed E-state index contributed by atoms with van der Waals surface area (Å²) >= 11 is 0. The fraction of sp³-hybridized carbons (Fsp3) is 0.214. The predicted molar refractivity (Wildman–Crippen MR) is 79.7 cm³/mol. The molecule has 0 aromatic heterocycles. The van der Waals surface area contributed by atoms with Crippen molar-refractivity contribution in [2.75, 3.05) is 25.0 Å². The molecule has 0 bridgehead atoms. The molecule has 1 aliphatic heterocycles. The van der Waals surface area contributed by atoms with Crippen LogP contribution < -0.4 is 10.1 Å². The zero-order chi connectivity index (χ0) is 15.5. The van der Waals surface area contributed by atoms with E-state index in [0.717, 1.165) is 0 Å². The van der Waals surface area contributed by atoms with Gasteiger partial charge in [0.25, 0.3) is 5.91 Å². The highest BCUT2D eigenvalue weighted by Crippen LogP contribution is 2.31. The summed E-state index contributed by atoms with van der Waals surface area (Å²) in [5.41, 5.74) is 0.351. The van der Waals surface area contributed by atoms with Crippen molar-refractivity contribution in [3.8, 4) is 5.75 Å². The maximum atomic E-state index is 12.6. The van der Waals surface area contributed by atoms with Gasteiger partial charge in [-0.3, -0.25) is 4.79 Å². The number of benzene rings is 1. The van der Waals surface area contributed by atoms with E-state index in [0.29, 0.717) is 11.4 Å². The number of nitrogens with zero attached hydrogens (tertiary/aromatic N) is 1. The van der Waals surface area contributed by atoms with Crippen LogP contribution in [-0.2, 0) is 14.8 Å². The topological polar surface area (TPSA) is 75.7 Å². The van der Waals surface area contributed by atoms with Gasteiger partial charge >= 0.3 is 0 Å². The molecule has 112 valence electrons. The monoisotopic (exact) mass is 308 g/mol. The maximum absolute atomic E-state index is 12.6. The largest absolute Gasteiger partial charge is 0.482 e. The van der Waals surface area contributed by atoms with Crippen molar-refractivity contribution in [2.24, 2.45) is 0 Å². The van der Waals surface area contributed by atoms with E-state index in [-0.39, 0.29) is 30.5 Å². The van der Waals surface area contributed by atoms with Crippen LogP contribution in [-0.4, -0.2) is 38.3 Å².